The Morgan fingerprint density at radius 2 is 1.82 bits per heavy atom. The highest BCUT2D eigenvalue weighted by atomic mass is 16.1. The monoisotopic (exact) mass is 153 g/mol. The molecule has 0 radical (unpaired) electrons. The van der Waals surface area contributed by atoms with Crippen molar-refractivity contribution in [3.63, 3.8) is 0 Å². The second kappa shape index (κ2) is 4.62. The van der Waals surface area contributed by atoms with Crippen molar-refractivity contribution in [3.05, 3.63) is 0 Å². The molecule has 0 atom stereocenters. The van der Waals surface area contributed by atoms with E-state index in [0.29, 0.717) is 6.42 Å². The third-order valence-electron chi connectivity index (χ3n) is 1.53. The van der Waals surface area contributed by atoms with Gasteiger partial charge >= 0.3 is 0 Å². The van der Waals surface area contributed by atoms with Gasteiger partial charge < -0.3 is 0 Å². The van der Waals surface area contributed by atoms with E-state index < -0.39 is 5.92 Å². The van der Waals surface area contributed by atoms with Crippen LogP contribution in [0.4, 0.5) is 0 Å². The van der Waals surface area contributed by atoms with Crippen molar-refractivity contribution in [3.8, 4) is 6.07 Å². The van der Waals surface area contributed by atoms with E-state index in [9.17, 15) is 9.59 Å². The first-order valence-corrected chi connectivity index (χ1v) is 3.47. The van der Waals surface area contributed by atoms with Crippen LogP contribution in [0.5, 0.6) is 0 Å². The highest BCUT2D eigenvalue weighted by Gasteiger charge is 2.18. The van der Waals surface area contributed by atoms with E-state index >= 15 is 0 Å². The molecule has 11 heavy (non-hydrogen) atoms. The van der Waals surface area contributed by atoms with E-state index in [-0.39, 0.29) is 18.0 Å². The topological polar surface area (TPSA) is 57.9 Å². The number of carbonyl (C=O) groups excluding carboxylic acids is 2. The molecular weight excluding hydrogens is 142 g/mol. The van der Waals surface area contributed by atoms with Gasteiger partial charge in [-0.25, -0.2) is 0 Å². The molecule has 0 fully saturated rings. The van der Waals surface area contributed by atoms with E-state index in [2.05, 4.69) is 0 Å². The summed E-state index contributed by atoms with van der Waals surface area (Å²) in [5.41, 5.74) is 0. The van der Waals surface area contributed by atoms with Crippen LogP contribution in [0.15, 0.2) is 0 Å². The van der Waals surface area contributed by atoms with Gasteiger partial charge in [-0.15, -0.1) is 0 Å². The SMILES string of the molecule is CC(=O)C(CCC#N)C(C)=O. The van der Waals surface area contributed by atoms with Crippen LogP contribution in [0.1, 0.15) is 26.7 Å². The minimum absolute atomic E-state index is 0.146. The molecule has 0 aliphatic rings. The molecule has 0 heterocycles. The fraction of sp³-hybridized carbons (Fsp3) is 0.625. The average Bonchev–Trinajstić information content (AvgIpc) is 1.87. The van der Waals surface area contributed by atoms with E-state index in [1.807, 2.05) is 6.07 Å². The van der Waals surface area contributed by atoms with Gasteiger partial charge in [0.1, 0.15) is 11.6 Å². The maximum atomic E-state index is 10.8. The number of nitrogens with zero attached hydrogens (tertiary/aromatic N) is 1. The highest BCUT2D eigenvalue weighted by molar-refractivity contribution is 6.00. The molecular formula is C8H11NO2. The minimum Gasteiger partial charge on any atom is -0.299 e. The zero-order chi connectivity index (χ0) is 8.85. The number of ketones is 2. The molecule has 0 aliphatic carbocycles. The predicted molar refractivity (Wildman–Crippen MR) is 39.7 cm³/mol. The number of nitriles is 1. The van der Waals surface area contributed by atoms with Crippen molar-refractivity contribution in [1.82, 2.24) is 0 Å². The van der Waals surface area contributed by atoms with Crippen molar-refractivity contribution < 1.29 is 9.59 Å². The first kappa shape index (κ1) is 9.83. The van der Waals surface area contributed by atoms with Crippen molar-refractivity contribution >= 4 is 11.6 Å². The molecule has 0 rings (SSSR count). The normalized spacial score (nSPS) is 9.27. The third-order valence-corrected chi connectivity index (χ3v) is 1.53. The van der Waals surface area contributed by atoms with Gasteiger partial charge in [-0.1, -0.05) is 0 Å². The summed E-state index contributed by atoms with van der Waals surface area (Å²) >= 11 is 0. The summed E-state index contributed by atoms with van der Waals surface area (Å²) in [6, 6.07) is 1.90. The van der Waals surface area contributed by atoms with E-state index in [1.54, 1.807) is 0 Å². The minimum atomic E-state index is -0.561. The van der Waals surface area contributed by atoms with Crippen LogP contribution in [0.25, 0.3) is 0 Å². The fourth-order valence-electron chi connectivity index (χ4n) is 0.902. The van der Waals surface area contributed by atoms with Crippen LogP contribution in [0.3, 0.4) is 0 Å². The predicted octanol–water partition coefficient (Wildman–Crippen LogP) is 1.08. The maximum absolute atomic E-state index is 10.8. The van der Waals surface area contributed by atoms with Crippen molar-refractivity contribution in [2.75, 3.05) is 0 Å². The lowest BCUT2D eigenvalue weighted by atomic mass is 9.96. The van der Waals surface area contributed by atoms with Crippen LogP contribution < -0.4 is 0 Å². The van der Waals surface area contributed by atoms with Gasteiger partial charge in [-0.3, -0.25) is 9.59 Å². The molecule has 0 saturated heterocycles. The zero-order valence-electron chi connectivity index (χ0n) is 6.76. The molecule has 0 N–H and O–H groups in total. The van der Waals surface area contributed by atoms with Crippen LogP contribution >= 0.6 is 0 Å². The molecule has 0 saturated carbocycles. The fourth-order valence-corrected chi connectivity index (χ4v) is 0.902. The van der Waals surface area contributed by atoms with Crippen molar-refractivity contribution in [2.45, 2.75) is 26.7 Å². The Bertz CT molecular complexity index is 189. The second-order valence-corrected chi connectivity index (χ2v) is 2.47. The lowest BCUT2D eigenvalue weighted by Gasteiger charge is -2.05. The number of Topliss-reactive ketones (excluding diaryl/α,β-unsaturated/α-hetero) is 2. The van der Waals surface area contributed by atoms with Gasteiger partial charge in [0.05, 0.1) is 12.0 Å². The molecule has 0 aromatic carbocycles. The number of hydrogen-bond donors (Lipinski definition) is 0. The summed E-state index contributed by atoms with van der Waals surface area (Å²) in [5, 5.41) is 8.21. The summed E-state index contributed by atoms with van der Waals surface area (Å²) in [5.74, 6) is -0.852. The maximum Gasteiger partial charge on any atom is 0.140 e. The summed E-state index contributed by atoms with van der Waals surface area (Å²) in [6.45, 7) is 2.76. The standard InChI is InChI=1S/C8H11NO2/c1-6(10)8(7(2)11)4-3-5-9/h8H,3-4H2,1-2H3. The quantitative estimate of drug-likeness (QED) is 0.568. The third kappa shape index (κ3) is 3.51. The largest absolute Gasteiger partial charge is 0.299 e. The second-order valence-electron chi connectivity index (χ2n) is 2.47. The van der Waals surface area contributed by atoms with Gasteiger partial charge in [0, 0.05) is 6.42 Å². The molecule has 0 aromatic rings. The molecule has 0 spiro atoms. The van der Waals surface area contributed by atoms with Crippen molar-refractivity contribution in [2.24, 2.45) is 5.92 Å². The lowest BCUT2D eigenvalue weighted by Crippen LogP contribution is -2.18. The molecule has 60 valence electrons. The number of carbonyl (C=O) groups is 2. The first-order valence-electron chi connectivity index (χ1n) is 3.47. The summed E-state index contributed by atoms with van der Waals surface area (Å²) in [7, 11) is 0. The summed E-state index contributed by atoms with van der Waals surface area (Å²) in [4.78, 5) is 21.5. The lowest BCUT2D eigenvalue weighted by molar-refractivity contribution is -0.130. The molecule has 0 aromatic heterocycles. The van der Waals surface area contributed by atoms with E-state index in [4.69, 9.17) is 5.26 Å². The van der Waals surface area contributed by atoms with Crippen LogP contribution in [0, 0.1) is 17.2 Å². The van der Waals surface area contributed by atoms with Gasteiger partial charge in [0.2, 0.25) is 0 Å². The molecule has 0 unspecified atom stereocenters. The Hall–Kier alpha value is -1.17. The smallest absolute Gasteiger partial charge is 0.140 e. The van der Waals surface area contributed by atoms with E-state index in [1.165, 1.54) is 13.8 Å². The molecule has 3 heteroatoms. The zero-order valence-corrected chi connectivity index (χ0v) is 6.76. The van der Waals surface area contributed by atoms with Gasteiger partial charge in [0.25, 0.3) is 0 Å². The molecule has 0 amide bonds. The molecule has 3 nitrogen and oxygen atoms in total. The van der Waals surface area contributed by atoms with Crippen LogP contribution in [0.2, 0.25) is 0 Å². The Labute approximate surface area is 66.0 Å². The first-order chi connectivity index (χ1) is 5.09. The Morgan fingerprint density at radius 1 is 1.36 bits per heavy atom. The average molecular weight is 153 g/mol. The summed E-state index contributed by atoms with van der Waals surface area (Å²) in [6.07, 6.45) is 0.630. The van der Waals surface area contributed by atoms with Gasteiger partial charge in [-0.2, -0.15) is 5.26 Å². The summed E-state index contributed by atoms with van der Waals surface area (Å²) < 4.78 is 0. The molecule has 0 bridgehead atoms. The number of hydrogen-bond acceptors (Lipinski definition) is 3. The Morgan fingerprint density at radius 3 is 2.09 bits per heavy atom. The van der Waals surface area contributed by atoms with Crippen molar-refractivity contribution in [1.29, 1.82) is 5.26 Å². The molecule has 0 aliphatic heterocycles. The number of rotatable bonds is 4. The van der Waals surface area contributed by atoms with Crippen LogP contribution in [-0.4, -0.2) is 11.6 Å². The van der Waals surface area contributed by atoms with Gasteiger partial charge in [0.15, 0.2) is 0 Å². The van der Waals surface area contributed by atoms with Gasteiger partial charge in [-0.05, 0) is 20.3 Å². The Balaban J connectivity index is 4.03. The van der Waals surface area contributed by atoms with Crippen LogP contribution in [-0.2, 0) is 9.59 Å². The highest BCUT2D eigenvalue weighted by Crippen LogP contribution is 2.08. The van der Waals surface area contributed by atoms with E-state index in [0.717, 1.165) is 0 Å². The Kier molecular flexibility index (Phi) is 4.12.